The summed E-state index contributed by atoms with van der Waals surface area (Å²) in [6.45, 7) is 7.94. The molecule has 26 heavy (non-hydrogen) atoms. The lowest BCUT2D eigenvalue weighted by atomic mass is 10.0. The Labute approximate surface area is 154 Å². The fourth-order valence-electron chi connectivity index (χ4n) is 2.81. The average molecular weight is 383 g/mol. The number of hydrogen-bond donors (Lipinski definition) is 0. The fraction of sp³-hybridized carbons (Fsp3) is 0.444. The van der Waals surface area contributed by atoms with Gasteiger partial charge in [-0.3, -0.25) is 4.90 Å². The van der Waals surface area contributed by atoms with E-state index < -0.39 is 18.3 Å². The van der Waals surface area contributed by atoms with Gasteiger partial charge in [0.15, 0.2) is 0 Å². The summed E-state index contributed by atoms with van der Waals surface area (Å²) in [5, 5.41) is 9.46. The zero-order valence-electron chi connectivity index (χ0n) is 14.2. The Balaban J connectivity index is 1.94. The van der Waals surface area contributed by atoms with E-state index in [0.29, 0.717) is 36.4 Å². The smallest absolute Gasteiger partial charge is 0.281 e. The van der Waals surface area contributed by atoms with Gasteiger partial charge in [-0.05, 0) is 12.8 Å². The number of halogens is 3. The number of ether oxygens (including phenoxy) is 1. The molecule has 0 aromatic carbocycles. The van der Waals surface area contributed by atoms with E-state index in [9.17, 15) is 18.4 Å². The van der Waals surface area contributed by atoms with Gasteiger partial charge in [0, 0.05) is 18.7 Å². The molecule has 1 fully saturated rings. The number of thiazole rings is 1. The Bertz CT molecular complexity index is 703. The van der Waals surface area contributed by atoms with E-state index >= 15 is 0 Å². The van der Waals surface area contributed by atoms with Crippen molar-refractivity contribution < 1.29 is 17.9 Å². The number of nitrogens with zero attached hydrogens (tertiary/aromatic N) is 3. The molecule has 1 aliphatic heterocycles. The second-order valence-electron chi connectivity index (χ2n) is 5.81. The Morgan fingerprint density at radius 2 is 2.19 bits per heavy atom. The molecular weight excluding hydrogens is 363 g/mol. The number of hydrogen-bond acceptors (Lipinski definition) is 5. The van der Waals surface area contributed by atoms with Crippen molar-refractivity contribution in [1.82, 2.24) is 9.88 Å². The van der Waals surface area contributed by atoms with E-state index in [1.165, 1.54) is 17.7 Å². The van der Waals surface area contributed by atoms with Crippen LogP contribution in [0.25, 0.3) is 0 Å². The molecule has 8 heteroatoms. The van der Waals surface area contributed by atoms with Crippen LogP contribution in [0.2, 0.25) is 0 Å². The minimum absolute atomic E-state index is 0.0887. The number of likely N-dealkylation sites (tertiary alicyclic amines) is 1. The van der Waals surface area contributed by atoms with Crippen molar-refractivity contribution in [3.63, 3.8) is 0 Å². The van der Waals surface area contributed by atoms with E-state index in [1.807, 2.05) is 4.90 Å². The van der Waals surface area contributed by atoms with Crippen LogP contribution in [-0.4, -0.2) is 35.7 Å². The van der Waals surface area contributed by atoms with Gasteiger partial charge in [-0.2, -0.15) is 5.26 Å². The van der Waals surface area contributed by atoms with Crippen molar-refractivity contribution in [3.8, 4) is 6.07 Å². The Kier molecular flexibility index (Phi) is 7.57. The van der Waals surface area contributed by atoms with E-state index in [2.05, 4.69) is 24.2 Å². The highest BCUT2D eigenvalue weighted by molar-refractivity contribution is 7.09. The maximum Gasteiger partial charge on any atom is 0.281 e. The summed E-state index contributed by atoms with van der Waals surface area (Å²) in [6.07, 6.45) is 1.45. The summed E-state index contributed by atoms with van der Waals surface area (Å²) in [7, 11) is 0. The van der Waals surface area contributed by atoms with Gasteiger partial charge in [0.25, 0.3) is 6.43 Å². The zero-order valence-corrected chi connectivity index (χ0v) is 15.0. The lowest BCUT2D eigenvalue weighted by Crippen LogP contribution is -2.39. The standard InChI is InChI=1S/C18H20F3N3OS/c1-3-4-13(12(2)19)10-25-14-5-7-24(8-6-14)15(9-22)17-16(18(20)21)23-11-26-17/h3-4,11,14-15,18H,1-2,5-8,10H2/b13-4-. The van der Waals surface area contributed by atoms with Gasteiger partial charge in [-0.15, -0.1) is 11.3 Å². The molecule has 1 aromatic rings. The van der Waals surface area contributed by atoms with Crippen molar-refractivity contribution in [3.05, 3.63) is 52.8 Å². The zero-order chi connectivity index (χ0) is 19.1. The van der Waals surface area contributed by atoms with Crippen LogP contribution in [0.4, 0.5) is 13.2 Å². The SMILES string of the molecule is C=C/C=C(/COC1CCN(C(C#N)c2scnc2C(F)F)CC1)C(=C)F. The second kappa shape index (κ2) is 9.67. The number of allylic oxidation sites excluding steroid dienone is 2. The first-order chi connectivity index (χ1) is 12.5. The van der Waals surface area contributed by atoms with Crippen LogP contribution in [0.5, 0.6) is 0 Å². The number of aromatic nitrogens is 1. The number of piperidine rings is 1. The Morgan fingerprint density at radius 3 is 2.73 bits per heavy atom. The quantitative estimate of drug-likeness (QED) is 0.610. The normalized spacial score (nSPS) is 17.9. The maximum atomic E-state index is 13.3. The van der Waals surface area contributed by atoms with E-state index in [-0.39, 0.29) is 18.4 Å². The highest BCUT2D eigenvalue weighted by Crippen LogP contribution is 2.34. The van der Waals surface area contributed by atoms with Gasteiger partial charge in [-0.1, -0.05) is 25.3 Å². The van der Waals surface area contributed by atoms with Crippen LogP contribution in [0.1, 0.15) is 35.9 Å². The summed E-state index contributed by atoms with van der Waals surface area (Å²) in [5.41, 5.74) is 1.36. The molecule has 2 heterocycles. The molecule has 1 unspecified atom stereocenters. The molecule has 0 amide bonds. The van der Waals surface area contributed by atoms with Crippen LogP contribution >= 0.6 is 11.3 Å². The largest absolute Gasteiger partial charge is 0.373 e. The van der Waals surface area contributed by atoms with E-state index in [1.54, 1.807) is 0 Å². The topological polar surface area (TPSA) is 49.1 Å². The van der Waals surface area contributed by atoms with Gasteiger partial charge < -0.3 is 4.74 Å². The second-order valence-corrected chi connectivity index (χ2v) is 6.70. The summed E-state index contributed by atoms with van der Waals surface area (Å²) in [5.74, 6) is -0.559. The summed E-state index contributed by atoms with van der Waals surface area (Å²) < 4.78 is 45.1. The van der Waals surface area contributed by atoms with Gasteiger partial charge in [-0.25, -0.2) is 18.2 Å². The molecule has 2 rings (SSSR count). The minimum Gasteiger partial charge on any atom is -0.373 e. The van der Waals surface area contributed by atoms with Crippen LogP contribution in [0.15, 0.2) is 42.2 Å². The molecule has 1 aliphatic rings. The predicted octanol–water partition coefficient (Wildman–Crippen LogP) is 4.72. The first kappa shape index (κ1) is 20.4. The molecule has 0 saturated carbocycles. The van der Waals surface area contributed by atoms with Crippen LogP contribution < -0.4 is 0 Å². The molecule has 0 bridgehead atoms. The molecule has 0 N–H and O–H groups in total. The third kappa shape index (κ3) is 5.04. The minimum atomic E-state index is -2.70. The van der Waals surface area contributed by atoms with Gasteiger partial charge in [0.05, 0.1) is 29.2 Å². The van der Waals surface area contributed by atoms with E-state index in [0.717, 1.165) is 11.3 Å². The molecule has 4 nitrogen and oxygen atoms in total. The maximum absolute atomic E-state index is 13.3. The first-order valence-corrected chi connectivity index (χ1v) is 8.99. The number of rotatable bonds is 8. The van der Waals surface area contributed by atoms with Crippen molar-refractivity contribution >= 4 is 11.3 Å². The van der Waals surface area contributed by atoms with Gasteiger partial charge in [0.2, 0.25) is 0 Å². The summed E-state index contributed by atoms with van der Waals surface area (Å²) >= 11 is 1.07. The van der Waals surface area contributed by atoms with Crippen molar-refractivity contribution in [2.45, 2.75) is 31.4 Å². The summed E-state index contributed by atoms with van der Waals surface area (Å²) in [6, 6.07) is 1.37. The van der Waals surface area contributed by atoms with Gasteiger partial charge in [0.1, 0.15) is 17.6 Å². The molecular formula is C18H20F3N3OS. The first-order valence-electron chi connectivity index (χ1n) is 8.11. The predicted molar refractivity (Wildman–Crippen MR) is 94.5 cm³/mol. The van der Waals surface area contributed by atoms with Gasteiger partial charge >= 0.3 is 0 Å². The average Bonchev–Trinajstić information content (AvgIpc) is 3.10. The third-order valence-electron chi connectivity index (χ3n) is 4.18. The lowest BCUT2D eigenvalue weighted by Gasteiger charge is -2.34. The highest BCUT2D eigenvalue weighted by Gasteiger charge is 2.31. The molecule has 1 saturated heterocycles. The van der Waals surface area contributed by atoms with Crippen molar-refractivity contribution in [2.24, 2.45) is 0 Å². The van der Waals surface area contributed by atoms with E-state index in [4.69, 9.17) is 4.74 Å². The highest BCUT2D eigenvalue weighted by atomic mass is 32.1. The third-order valence-corrected chi connectivity index (χ3v) is 5.08. The van der Waals surface area contributed by atoms with Crippen molar-refractivity contribution in [2.75, 3.05) is 19.7 Å². The molecule has 0 aliphatic carbocycles. The van der Waals surface area contributed by atoms with Crippen molar-refractivity contribution in [1.29, 1.82) is 5.26 Å². The lowest BCUT2D eigenvalue weighted by molar-refractivity contribution is 0.0133. The van der Waals surface area contributed by atoms with Crippen LogP contribution in [0, 0.1) is 11.3 Å². The van der Waals surface area contributed by atoms with Crippen LogP contribution in [0.3, 0.4) is 0 Å². The number of nitriles is 1. The number of alkyl halides is 2. The molecule has 1 atom stereocenters. The summed E-state index contributed by atoms with van der Waals surface area (Å²) in [4.78, 5) is 5.84. The molecule has 140 valence electrons. The molecule has 0 spiro atoms. The van der Waals surface area contributed by atoms with Crippen LogP contribution in [-0.2, 0) is 4.74 Å². The fourth-order valence-corrected chi connectivity index (χ4v) is 3.68. The molecule has 0 radical (unpaired) electrons. The monoisotopic (exact) mass is 383 g/mol. The molecule has 1 aromatic heterocycles. The Morgan fingerprint density at radius 1 is 1.50 bits per heavy atom. The Hall–Kier alpha value is -1.95.